The second-order valence-electron chi connectivity index (χ2n) is 6.19. The standard InChI is InChI=1S/C14H19N3O5/c18-10(16-7-3-4-9(16)11(19)20)8-17-12(21)14(15-13(17)22)5-1-2-6-14/h9H,1-8H2,(H,15,22)(H,19,20). The highest BCUT2D eigenvalue weighted by Crippen LogP contribution is 2.35. The Balaban J connectivity index is 1.70. The van der Waals surface area contributed by atoms with Crippen molar-refractivity contribution in [2.45, 2.75) is 50.1 Å². The monoisotopic (exact) mass is 309 g/mol. The third-order valence-electron chi connectivity index (χ3n) is 4.85. The highest BCUT2D eigenvalue weighted by molar-refractivity contribution is 6.09. The van der Waals surface area contributed by atoms with Crippen LogP contribution in [-0.4, -0.2) is 63.4 Å². The fraction of sp³-hybridized carbons (Fsp3) is 0.714. The summed E-state index contributed by atoms with van der Waals surface area (Å²) in [7, 11) is 0. The lowest BCUT2D eigenvalue weighted by Crippen LogP contribution is -2.48. The van der Waals surface area contributed by atoms with E-state index in [0.717, 1.165) is 17.7 Å². The van der Waals surface area contributed by atoms with Gasteiger partial charge in [-0.3, -0.25) is 14.5 Å². The van der Waals surface area contributed by atoms with Crippen LogP contribution in [0.25, 0.3) is 0 Å². The quantitative estimate of drug-likeness (QED) is 0.709. The van der Waals surface area contributed by atoms with Gasteiger partial charge in [-0.15, -0.1) is 0 Å². The maximum Gasteiger partial charge on any atom is 0.326 e. The van der Waals surface area contributed by atoms with Crippen LogP contribution in [0.5, 0.6) is 0 Å². The lowest BCUT2D eigenvalue weighted by molar-refractivity contribution is -0.149. The van der Waals surface area contributed by atoms with Gasteiger partial charge in [-0.05, 0) is 25.7 Å². The SMILES string of the molecule is O=C(O)C1CCCN1C(=O)CN1C(=O)NC2(CCCC2)C1=O. The molecule has 1 saturated carbocycles. The second-order valence-corrected chi connectivity index (χ2v) is 6.19. The molecule has 4 amide bonds. The normalized spacial score (nSPS) is 26.8. The number of amides is 4. The molecule has 22 heavy (non-hydrogen) atoms. The molecule has 1 aliphatic carbocycles. The molecule has 2 aliphatic heterocycles. The first kappa shape index (κ1) is 14.8. The van der Waals surface area contributed by atoms with Crippen molar-refractivity contribution in [2.24, 2.45) is 0 Å². The van der Waals surface area contributed by atoms with Crippen LogP contribution in [0.1, 0.15) is 38.5 Å². The zero-order valence-corrected chi connectivity index (χ0v) is 12.2. The summed E-state index contributed by atoms with van der Waals surface area (Å²) in [5.41, 5.74) is -0.839. The number of hydrogen-bond donors (Lipinski definition) is 2. The predicted molar refractivity (Wildman–Crippen MR) is 73.8 cm³/mol. The Morgan fingerprint density at radius 1 is 1.23 bits per heavy atom. The third-order valence-corrected chi connectivity index (χ3v) is 4.85. The number of hydrogen-bond acceptors (Lipinski definition) is 4. The Morgan fingerprint density at radius 3 is 2.55 bits per heavy atom. The van der Waals surface area contributed by atoms with Gasteiger partial charge in [0.15, 0.2) is 0 Å². The van der Waals surface area contributed by atoms with Crippen molar-refractivity contribution >= 4 is 23.8 Å². The van der Waals surface area contributed by atoms with Crippen molar-refractivity contribution < 1.29 is 24.3 Å². The van der Waals surface area contributed by atoms with Gasteiger partial charge in [0, 0.05) is 6.54 Å². The number of carboxylic acids is 1. The van der Waals surface area contributed by atoms with Gasteiger partial charge < -0.3 is 15.3 Å². The molecule has 2 N–H and O–H groups in total. The number of likely N-dealkylation sites (tertiary alicyclic amines) is 1. The molecule has 3 fully saturated rings. The van der Waals surface area contributed by atoms with E-state index in [2.05, 4.69) is 5.32 Å². The van der Waals surface area contributed by atoms with Crippen LogP contribution in [0.3, 0.4) is 0 Å². The van der Waals surface area contributed by atoms with Crippen molar-refractivity contribution in [1.82, 2.24) is 15.1 Å². The van der Waals surface area contributed by atoms with E-state index in [4.69, 9.17) is 5.11 Å². The first-order valence-electron chi connectivity index (χ1n) is 7.61. The van der Waals surface area contributed by atoms with Crippen molar-refractivity contribution in [3.05, 3.63) is 0 Å². The summed E-state index contributed by atoms with van der Waals surface area (Å²) in [6.45, 7) is -0.0270. The Labute approximate surface area is 127 Å². The second kappa shape index (κ2) is 5.26. The van der Waals surface area contributed by atoms with Crippen LogP contribution in [0.2, 0.25) is 0 Å². The highest BCUT2D eigenvalue weighted by atomic mass is 16.4. The van der Waals surface area contributed by atoms with E-state index < -0.39 is 29.5 Å². The fourth-order valence-electron chi connectivity index (χ4n) is 3.69. The Hall–Kier alpha value is -2.12. The lowest BCUT2D eigenvalue weighted by atomic mass is 9.98. The molecular weight excluding hydrogens is 290 g/mol. The van der Waals surface area contributed by atoms with Crippen LogP contribution in [-0.2, 0) is 14.4 Å². The molecule has 0 bridgehead atoms. The smallest absolute Gasteiger partial charge is 0.326 e. The van der Waals surface area contributed by atoms with Crippen LogP contribution >= 0.6 is 0 Å². The predicted octanol–water partition coefficient (Wildman–Crippen LogP) is -0.0734. The minimum atomic E-state index is -1.05. The molecule has 3 aliphatic rings. The highest BCUT2D eigenvalue weighted by Gasteiger charge is 2.53. The summed E-state index contributed by atoms with van der Waals surface area (Å²) in [4.78, 5) is 50.1. The zero-order chi connectivity index (χ0) is 15.9. The Morgan fingerprint density at radius 2 is 1.91 bits per heavy atom. The number of aliphatic carboxylic acids is 1. The summed E-state index contributed by atoms with van der Waals surface area (Å²) >= 11 is 0. The van der Waals surface area contributed by atoms with Crippen LogP contribution < -0.4 is 5.32 Å². The minimum Gasteiger partial charge on any atom is -0.480 e. The number of carboxylic acid groups (broad SMARTS) is 1. The summed E-state index contributed by atoms with van der Waals surface area (Å²) < 4.78 is 0. The van der Waals surface area contributed by atoms with Crippen LogP contribution in [0.4, 0.5) is 4.79 Å². The van der Waals surface area contributed by atoms with Crippen molar-refractivity contribution in [2.75, 3.05) is 13.1 Å². The molecule has 2 saturated heterocycles. The maximum absolute atomic E-state index is 12.5. The molecule has 0 aromatic rings. The largest absolute Gasteiger partial charge is 0.480 e. The van der Waals surface area contributed by atoms with E-state index in [0.29, 0.717) is 32.2 Å². The topological polar surface area (TPSA) is 107 Å². The molecule has 1 unspecified atom stereocenters. The van der Waals surface area contributed by atoms with Crippen molar-refractivity contribution in [1.29, 1.82) is 0 Å². The zero-order valence-electron chi connectivity index (χ0n) is 12.2. The summed E-state index contributed by atoms with van der Waals surface area (Å²) in [5.74, 6) is -1.88. The molecule has 8 nitrogen and oxygen atoms in total. The Bertz CT molecular complexity index is 541. The molecule has 8 heteroatoms. The van der Waals surface area contributed by atoms with Crippen molar-refractivity contribution in [3.8, 4) is 0 Å². The molecule has 0 radical (unpaired) electrons. The number of urea groups is 1. The average Bonchev–Trinajstić information content (AvgIpc) is 3.16. The lowest BCUT2D eigenvalue weighted by Gasteiger charge is -2.24. The van der Waals surface area contributed by atoms with Gasteiger partial charge in [-0.1, -0.05) is 12.8 Å². The van der Waals surface area contributed by atoms with Crippen LogP contribution in [0, 0.1) is 0 Å². The molecule has 0 aromatic heterocycles. The van der Waals surface area contributed by atoms with Gasteiger partial charge >= 0.3 is 12.0 Å². The molecule has 1 spiro atoms. The first-order valence-corrected chi connectivity index (χ1v) is 7.61. The van der Waals surface area contributed by atoms with E-state index in [9.17, 15) is 19.2 Å². The number of imide groups is 1. The average molecular weight is 309 g/mol. The van der Waals surface area contributed by atoms with E-state index in [1.54, 1.807) is 0 Å². The number of nitrogens with one attached hydrogen (secondary N) is 1. The first-order chi connectivity index (χ1) is 10.4. The molecule has 120 valence electrons. The molecule has 1 atom stereocenters. The maximum atomic E-state index is 12.5. The van der Waals surface area contributed by atoms with Gasteiger partial charge in [-0.2, -0.15) is 0 Å². The third kappa shape index (κ3) is 2.22. The summed E-state index contributed by atoms with van der Waals surface area (Å²) in [5, 5.41) is 11.8. The molecular formula is C14H19N3O5. The minimum absolute atomic E-state index is 0.352. The number of carbonyl (C=O) groups is 4. The Kier molecular flexibility index (Phi) is 3.54. The van der Waals surface area contributed by atoms with Gasteiger partial charge in [0.25, 0.3) is 5.91 Å². The van der Waals surface area contributed by atoms with E-state index in [1.165, 1.54) is 4.90 Å². The molecule has 3 rings (SSSR count). The summed E-state index contributed by atoms with van der Waals surface area (Å²) in [6, 6.07) is -1.40. The number of carbonyl (C=O) groups excluding carboxylic acids is 3. The van der Waals surface area contributed by atoms with Crippen molar-refractivity contribution in [3.63, 3.8) is 0 Å². The van der Waals surface area contributed by atoms with E-state index in [1.807, 2.05) is 0 Å². The number of rotatable bonds is 3. The van der Waals surface area contributed by atoms with Gasteiger partial charge in [0.05, 0.1) is 0 Å². The van der Waals surface area contributed by atoms with Gasteiger partial charge in [0.1, 0.15) is 18.1 Å². The number of nitrogens with zero attached hydrogens (tertiary/aromatic N) is 2. The van der Waals surface area contributed by atoms with Crippen LogP contribution in [0.15, 0.2) is 0 Å². The summed E-state index contributed by atoms with van der Waals surface area (Å²) in [6.07, 6.45) is 3.98. The molecule has 2 heterocycles. The molecule has 0 aromatic carbocycles. The van der Waals surface area contributed by atoms with E-state index >= 15 is 0 Å². The van der Waals surface area contributed by atoms with Gasteiger partial charge in [0.2, 0.25) is 5.91 Å². The van der Waals surface area contributed by atoms with Gasteiger partial charge in [-0.25, -0.2) is 9.59 Å². The van der Waals surface area contributed by atoms with E-state index in [-0.39, 0.29) is 12.5 Å². The fourth-order valence-corrected chi connectivity index (χ4v) is 3.69.